The van der Waals surface area contributed by atoms with Gasteiger partial charge in [0.25, 0.3) is 0 Å². The molecule has 1 unspecified atom stereocenters. The van der Waals surface area contributed by atoms with Crippen LogP contribution in [0.4, 0.5) is 0 Å². The number of allylic oxidation sites excluding steroid dienone is 4. The fourth-order valence-electron chi connectivity index (χ4n) is 3.18. The molecule has 0 aromatic rings. The number of unbranched alkanes of at least 4 members (excludes halogenated alkanes) is 1. The SMILES string of the molecule is C=CN1C(=C(/C)C=C(C)C)/C(=C\C)NC1(CC)CCCC. The van der Waals surface area contributed by atoms with Crippen molar-refractivity contribution in [2.24, 2.45) is 0 Å². The van der Waals surface area contributed by atoms with E-state index in [0.29, 0.717) is 0 Å². The van der Waals surface area contributed by atoms with Gasteiger partial charge < -0.3 is 10.2 Å². The first-order valence-corrected chi connectivity index (χ1v) is 8.18. The van der Waals surface area contributed by atoms with Crippen molar-refractivity contribution in [2.75, 3.05) is 0 Å². The van der Waals surface area contributed by atoms with Crippen LogP contribution in [0.5, 0.6) is 0 Å². The van der Waals surface area contributed by atoms with Crippen LogP contribution in [0.15, 0.2) is 47.5 Å². The molecule has 1 N–H and O–H groups in total. The molecule has 0 aliphatic carbocycles. The van der Waals surface area contributed by atoms with Gasteiger partial charge in [-0.1, -0.05) is 44.6 Å². The summed E-state index contributed by atoms with van der Waals surface area (Å²) < 4.78 is 0. The summed E-state index contributed by atoms with van der Waals surface area (Å²) in [5.41, 5.74) is 5.09. The average molecular weight is 288 g/mol. The molecule has 1 fully saturated rings. The van der Waals surface area contributed by atoms with Crippen molar-refractivity contribution in [2.45, 2.75) is 72.9 Å². The van der Waals surface area contributed by atoms with E-state index in [1.165, 1.54) is 35.4 Å². The van der Waals surface area contributed by atoms with Gasteiger partial charge >= 0.3 is 0 Å². The van der Waals surface area contributed by atoms with Crippen LogP contribution in [-0.2, 0) is 0 Å². The zero-order valence-electron chi connectivity index (χ0n) is 14.7. The minimum atomic E-state index is -0.0221. The molecule has 1 aliphatic rings. The van der Waals surface area contributed by atoms with Gasteiger partial charge in [-0.3, -0.25) is 0 Å². The smallest absolute Gasteiger partial charge is 0.114 e. The Morgan fingerprint density at radius 2 is 1.95 bits per heavy atom. The van der Waals surface area contributed by atoms with Crippen molar-refractivity contribution in [3.63, 3.8) is 0 Å². The summed E-state index contributed by atoms with van der Waals surface area (Å²) >= 11 is 0. The predicted molar refractivity (Wildman–Crippen MR) is 93.6 cm³/mol. The van der Waals surface area contributed by atoms with Crippen molar-refractivity contribution in [3.05, 3.63) is 47.5 Å². The molecular weight excluding hydrogens is 256 g/mol. The lowest BCUT2D eigenvalue weighted by Crippen LogP contribution is -2.48. The maximum atomic E-state index is 4.08. The Kier molecular flexibility index (Phi) is 6.32. The van der Waals surface area contributed by atoms with Gasteiger partial charge in [0.2, 0.25) is 0 Å². The van der Waals surface area contributed by atoms with Crippen LogP contribution in [0.3, 0.4) is 0 Å². The monoisotopic (exact) mass is 288 g/mol. The number of rotatable bonds is 6. The minimum Gasteiger partial charge on any atom is -0.361 e. The fourth-order valence-corrected chi connectivity index (χ4v) is 3.18. The molecule has 0 radical (unpaired) electrons. The van der Waals surface area contributed by atoms with Gasteiger partial charge in [-0.15, -0.1) is 0 Å². The summed E-state index contributed by atoms with van der Waals surface area (Å²) in [5.74, 6) is 0. The molecule has 1 aliphatic heterocycles. The first-order valence-electron chi connectivity index (χ1n) is 8.18. The zero-order valence-corrected chi connectivity index (χ0v) is 14.7. The molecule has 1 atom stereocenters. The Labute approximate surface area is 131 Å². The summed E-state index contributed by atoms with van der Waals surface area (Å²) in [5, 5.41) is 3.77. The summed E-state index contributed by atoms with van der Waals surface area (Å²) in [6, 6.07) is 0. The largest absolute Gasteiger partial charge is 0.361 e. The molecule has 2 nitrogen and oxygen atoms in total. The molecule has 0 bridgehead atoms. The highest BCUT2D eigenvalue weighted by atomic mass is 15.4. The molecule has 0 amide bonds. The Bertz CT molecular complexity index is 464. The van der Waals surface area contributed by atoms with Gasteiger partial charge in [0.1, 0.15) is 5.66 Å². The second-order valence-corrected chi connectivity index (χ2v) is 6.12. The Balaban J connectivity index is 3.37. The van der Waals surface area contributed by atoms with E-state index in [1.54, 1.807) is 0 Å². The maximum Gasteiger partial charge on any atom is 0.114 e. The van der Waals surface area contributed by atoms with Crippen molar-refractivity contribution >= 4 is 0 Å². The molecule has 2 heteroatoms. The van der Waals surface area contributed by atoms with Crippen LogP contribution in [0.1, 0.15) is 67.2 Å². The molecule has 1 heterocycles. The van der Waals surface area contributed by atoms with E-state index in [4.69, 9.17) is 0 Å². The standard InChI is InChI=1S/C19H32N2/c1-8-12-13-19(10-3)20-17(9-2)18(21(19)11-4)16(7)14-15(5)6/h9,11,14,20H,4,8,10,12-13H2,1-3,5-7H3/b17-9+,18-16-. The average Bonchev–Trinajstić information content (AvgIpc) is 2.78. The predicted octanol–water partition coefficient (Wildman–Crippen LogP) is 5.48. The quantitative estimate of drug-likeness (QED) is 0.696. The third-order valence-electron chi connectivity index (χ3n) is 4.20. The molecular formula is C19H32N2. The number of nitrogens with zero attached hydrogens (tertiary/aromatic N) is 1. The van der Waals surface area contributed by atoms with E-state index in [0.717, 1.165) is 12.8 Å². The third-order valence-corrected chi connectivity index (χ3v) is 4.20. The molecule has 21 heavy (non-hydrogen) atoms. The van der Waals surface area contributed by atoms with Crippen LogP contribution in [-0.4, -0.2) is 10.6 Å². The topological polar surface area (TPSA) is 15.3 Å². The van der Waals surface area contributed by atoms with Gasteiger partial charge in [-0.2, -0.15) is 0 Å². The minimum absolute atomic E-state index is 0.0221. The summed E-state index contributed by atoms with van der Waals surface area (Å²) in [6.07, 6.45) is 11.0. The maximum absolute atomic E-state index is 4.08. The zero-order chi connectivity index (χ0) is 16.0. The Hall–Kier alpha value is -1.44. The van der Waals surface area contributed by atoms with Crippen LogP contribution in [0.2, 0.25) is 0 Å². The molecule has 0 aromatic heterocycles. The van der Waals surface area contributed by atoms with E-state index < -0.39 is 0 Å². The Morgan fingerprint density at radius 3 is 2.38 bits per heavy atom. The van der Waals surface area contributed by atoms with Crippen molar-refractivity contribution in [1.82, 2.24) is 10.2 Å². The highest BCUT2D eigenvalue weighted by Gasteiger charge is 2.42. The van der Waals surface area contributed by atoms with Crippen LogP contribution in [0, 0.1) is 0 Å². The third kappa shape index (κ3) is 3.61. The van der Waals surface area contributed by atoms with Crippen molar-refractivity contribution in [1.29, 1.82) is 0 Å². The van der Waals surface area contributed by atoms with Crippen LogP contribution < -0.4 is 5.32 Å². The van der Waals surface area contributed by atoms with Crippen molar-refractivity contribution in [3.8, 4) is 0 Å². The molecule has 0 aromatic carbocycles. The molecule has 118 valence electrons. The molecule has 1 rings (SSSR count). The Morgan fingerprint density at radius 1 is 1.29 bits per heavy atom. The van der Waals surface area contributed by atoms with Gasteiger partial charge in [-0.05, 0) is 58.7 Å². The van der Waals surface area contributed by atoms with E-state index in [2.05, 4.69) is 70.5 Å². The van der Waals surface area contributed by atoms with Crippen LogP contribution in [0.25, 0.3) is 0 Å². The lowest BCUT2D eigenvalue weighted by atomic mass is 9.98. The highest BCUT2D eigenvalue weighted by molar-refractivity contribution is 5.44. The van der Waals surface area contributed by atoms with Gasteiger partial charge in [0.15, 0.2) is 0 Å². The molecule has 1 saturated heterocycles. The second-order valence-electron chi connectivity index (χ2n) is 6.12. The fraction of sp³-hybridized carbons (Fsp3) is 0.579. The summed E-state index contributed by atoms with van der Waals surface area (Å²) in [4.78, 5) is 2.35. The first kappa shape index (κ1) is 17.6. The van der Waals surface area contributed by atoms with Gasteiger partial charge in [-0.25, -0.2) is 0 Å². The normalized spacial score (nSPS) is 25.8. The van der Waals surface area contributed by atoms with Gasteiger partial charge in [0, 0.05) is 0 Å². The lowest BCUT2D eigenvalue weighted by Gasteiger charge is -2.37. The first-order chi connectivity index (χ1) is 9.95. The van der Waals surface area contributed by atoms with E-state index in [1.807, 2.05) is 6.20 Å². The second kappa shape index (κ2) is 7.53. The number of hydrogen-bond donors (Lipinski definition) is 1. The molecule has 0 spiro atoms. The van der Waals surface area contributed by atoms with E-state index in [-0.39, 0.29) is 5.66 Å². The summed E-state index contributed by atoms with van der Waals surface area (Å²) in [7, 11) is 0. The van der Waals surface area contributed by atoms with Crippen molar-refractivity contribution < 1.29 is 0 Å². The van der Waals surface area contributed by atoms with Gasteiger partial charge in [0.05, 0.1) is 11.4 Å². The summed E-state index contributed by atoms with van der Waals surface area (Å²) in [6.45, 7) is 17.2. The van der Waals surface area contributed by atoms with E-state index >= 15 is 0 Å². The molecule has 0 saturated carbocycles. The lowest BCUT2D eigenvalue weighted by molar-refractivity contribution is 0.170. The number of hydrogen-bond acceptors (Lipinski definition) is 2. The number of nitrogens with one attached hydrogen (secondary N) is 1. The van der Waals surface area contributed by atoms with E-state index in [9.17, 15) is 0 Å². The van der Waals surface area contributed by atoms with Crippen LogP contribution >= 0.6 is 0 Å². The highest BCUT2D eigenvalue weighted by Crippen LogP contribution is 2.39.